The van der Waals surface area contributed by atoms with E-state index in [2.05, 4.69) is 5.10 Å². The Morgan fingerprint density at radius 3 is 2.94 bits per heavy atom. The van der Waals surface area contributed by atoms with Crippen LogP contribution in [0.5, 0.6) is 0 Å². The first-order chi connectivity index (χ1) is 7.77. The molecule has 1 amide bonds. The summed E-state index contributed by atoms with van der Waals surface area (Å²) in [6.45, 7) is 0.591. The lowest BCUT2D eigenvalue weighted by molar-refractivity contribution is 0.0353. The molecule has 1 aliphatic rings. The number of para-hydroxylation sites is 1. The van der Waals surface area contributed by atoms with Crippen molar-refractivity contribution in [3.63, 3.8) is 0 Å². The van der Waals surface area contributed by atoms with E-state index >= 15 is 0 Å². The van der Waals surface area contributed by atoms with Gasteiger partial charge in [-0.2, -0.15) is 5.10 Å². The van der Waals surface area contributed by atoms with Crippen LogP contribution in [0.15, 0.2) is 30.5 Å². The van der Waals surface area contributed by atoms with Crippen molar-refractivity contribution < 1.29 is 9.90 Å². The molecule has 5 nitrogen and oxygen atoms in total. The molecule has 16 heavy (non-hydrogen) atoms. The molecule has 1 aromatic heterocycles. The molecule has 0 bridgehead atoms. The van der Waals surface area contributed by atoms with Crippen molar-refractivity contribution in [1.82, 2.24) is 14.7 Å². The van der Waals surface area contributed by atoms with Gasteiger partial charge >= 0.3 is 6.09 Å². The summed E-state index contributed by atoms with van der Waals surface area (Å²) < 4.78 is 1.78. The van der Waals surface area contributed by atoms with Gasteiger partial charge in [0.15, 0.2) is 0 Å². The minimum atomic E-state index is -0.879. The lowest BCUT2D eigenvalue weighted by atomic mass is 10.1. The van der Waals surface area contributed by atoms with Crippen molar-refractivity contribution in [3.05, 3.63) is 30.5 Å². The predicted octanol–water partition coefficient (Wildman–Crippen LogP) is 1.92. The van der Waals surface area contributed by atoms with Crippen LogP contribution in [-0.4, -0.2) is 32.4 Å². The number of likely N-dealkylation sites (tertiary alicyclic amines) is 1. The van der Waals surface area contributed by atoms with Crippen LogP contribution in [0.4, 0.5) is 4.79 Å². The minimum absolute atomic E-state index is 0.141. The molecular formula is C11H11N3O2. The van der Waals surface area contributed by atoms with Gasteiger partial charge in [-0.15, -0.1) is 0 Å². The van der Waals surface area contributed by atoms with E-state index in [1.165, 1.54) is 4.90 Å². The molecule has 0 aliphatic carbocycles. The summed E-state index contributed by atoms with van der Waals surface area (Å²) >= 11 is 0. The number of carboxylic acid groups (broad SMARTS) is 1. The topological polar surface area (TPSA) is 58.4 Å². The molecular weight excluding hydrogens is 206 g/mol. The average Bonchev–Trinajstić information content (AvgIpc) is 2.60. The van der Waals surface area contributed by atoms with E-state index in [1.54, 1.807) is 10.9 Å². The normalized spacial score (nSPS) is 19.8. The Labute approximate surface area is 91.9 Å². The molecule has 82 valence electrons. The van der Waals surface area contributed by atoms with Crippen LogP contribution >= 0.6 is 0 Å². The third-order valence-corrected chi connectivity index (χ3v) is 3.02. The first-order valence-electron chi connectivity index (χ1n) is 5.19. The molecule has 1 unspecified atom stereocenters. The van der Waals surface area contributed by atoms with Gasteiger partial charge < -0.3 is 5.11 Å². The van der Waals surface area contributed by atoms with Gasteiger partial charge in [0.2, 0.25) is 0 Å². The number of amides is 1. The monoisotopic (exact) mass is 217 g/mol. The molecule has 1 fully saturated rings. The van der Waals surface area contributed by atoms with Crippen LogP contribution in [0.2, 0.25) is 0 Å². The van der Waals surface area contributed by atoms with Crippen LogP contribution in [-0.2, 0) is 0 Å². The van der Waals surface area contributed by atoms with E-state index in [-0.39, 0.29) is 6.17 Å². The first kappa shape index (κ1) is 9.21. The number of aromatic nitrogens is 2. The molecule has 2 aromatic rings. The maximum atomic E-state index is 10.9. The Kier molecular flexibility index (Phi) is 1.86. The molecule has 0 radical (unpaired) electrons. The summed E-state index contributed by atoms with van der Waals surface area (Å²) in [6, 6.07) is 7.82. The van der Waals surface area contributed by atoms with Gasteiger partial charge in [0.25, 0.3) is 0 Å². The third-order valence-electron chi connectivity index (χ3n) is 3.02. The highest BCUT2D eigenvalue weighted by atomic mass is 16.4. The Balaban J connectivity index is 2.03. The largest absolute Gasteiger partial charge is 0.465 e. The Bertz CT molecular complexity index is 549. The van der Waals surface area contributed by atoms with Crippen LogP contribution in [0.1, 0.15) is 12.6 Å². The highest BCUT2D eigenvalue weighted by Gasteiger charge is 2.34. The smallest absolute Gasteiger partial charge is 0.409 e. The minimum Gasteiger partial charge on any atom is -0.465 e. The highest BCUT2D eigenvalue weighted by molar-refractivity contribution is 5.78. The number of nitrogens with zero attached hydrogens (tertiary/aromatic N) is 3. The number of carbonyl (C=O) groups is 1. The Morgan fingerprint density at radius 2 is 2.25 bits per heavy atom. The summed E-state index contributed by atoms with van der Waals surface area (Å²) in [4.78, 5) is 12.3. The first-order valence-corrected chi connectivity index (χ1v) is 5.19. The van der Waals surface area contributed by atoms with E-state index in [4.69, 9.17) is 5.11 Å². The molecule has 3 rings (SSSR count). The van der Waals surface area contributed by atoms with Crippen molar-refractivity contribution in [2.75, 3.05) is 6.54 Å². The summed E-state index contributed by atoms with van der Waals surface area (Å²) in [7, 11) is 0. The van der Waals surface area contributed by atoms with Crippen molar-refractivity contribution in [2.45, 2.75) is 12.6 Å². The van der Waals surface area contributed by atoms with Gasteiger partial charge in [0.05, 0.1) is 11.7 Å². The summed E-state index contributed by atoms with van der Waals surface area (Å²) in [5.41, 5.74) is 0.985. The highest BCUT2D eigenvalue weighted by Crippen LogP contribution is 2.30. The molecule has 1 aliphatic heterocycles. The van der Waals surface area contributed by atoms with E-state index in [0.29, 0.717) is 6.54 Å². The van der Waals surface area contributed by atoms with E-state index < -0.39 is 6.09 Å². The van der Waals surface area contributed by atoms with Crippen LogP contribution in [0.25, 0.3) is 10.9 Å². The van der Waals surface area contributed by atoms with Crippen LogP contribution in [0.3, 0.4) is 0 Å². The number of benzene rings is 1. The number of rotatable bonds is 1. The standard InChI is InChI=1S/C11H11N3O2/c15-11(16)13-6-5-10(13)14-9-4-2-1-3-8(9)7-12-14/h1-4,7,10H,5-6H2,(H,15,16). The average molecular weight is 217 g/mol. The lowest BCUT2D eigenvalue weighted by Crippen LogP contribution is -2.47. The zero-order chi connectivity index (χ0) is 11.1. The van der Waals surface area contributed by atoms with Gasteiger partial charge in [-0.05, 0) is 6.07 Å². The fraction of sp³-hybridized carbons (Fsp3) is 0.273. The SMILES string of the molecule is O=C(O)N1CCC1n1ncc2ccccc21. The van der Waals surface area contributed by atoms with E-state index in [0.717, 1.165) is 17.3 Å². The van der Waals surface area contributed by atoms with Crippen molar-refractivity contribution >= 4 is 17.0 Å². The fourth-order valence-electron chi connectivity index (χ4n) is 2.08. The van der Waals surface area contributed by atoms with Crippen LogP contribution in [0, 0.1) is 0 Å². The zero-order valence-corrected chi connectivity index (χ0v) is 8.58. The number of hydrogen-bond donors (Lipinski definition) is 1. The molecule has 2 heterocycles. The summed E-state index contributed by atoms with van der Waals surface area (Å²) in [5.74, 6) is 0. The molecule has 0 spiro atoms. The predicted molar refractivity (Wildman–Crippen MR) is 58.1 cm³/mol. The van der Waals surface area contributed by atoms with Gasteiger partial charge in [0.1, 0.15) is 6.17 Å². The Hall–Kier alpha value is -2.04. The van der Waals surface area contributed by atoms with E-state index in [9.17, 15) is 4.79 Å². The fourth-order valence-corrected chi connectivity index (χ4v) is 2.08. The third kappa shape index (κ3) is 1.18. The molecule has 1 atom stereocenters. The lowest BCUT2D eigenvalue weighted by Gasteiger charge is -2.38. The molecule has 5 heteroatoms. The van der Waals surface area contributed by atoms with Gasteiger partial charge in [-0.1, -0.05) is 18.2 Å². The van der Waals surface area contributed by atoms with Gasteiger partial charge in [-0.3, -0.25) is 4.90 Å². The van der Waals surface area contributed by atoms with Crippen molar-refractivity contribution in [3.8, 4) is 0 Å². The maximum Gasteiger partial charge on any atom is 0.409 e. The van der Waals surface area contributed by atoms with Crippen molar-refractivity contribution in [1.29, 1.82) is 0 Å². The second-order valence-corrected chi connectivity index (χ2v) is 3.89. The maximum absolute atomic E-state index is 10.9. The van der Waals surface area contributed by atoms with Crippen molar-refractivity contribution in [2.24, 2.45) is 0 Å². The van der Waals surface area contributed by atoms with Gasteiger partial charge in [-0.25, -0.2) is 9.48 Å². The second kappa shape index (κ2) is 3.23. The second-order valence-electron chi connectivity index (χ2n) is 3.89. The summed E-state index contributed by atoms with van der Waals surface area (Å²) in [6.07, 6.45) is 1.58. The van der Waals surface area contributed by atoms with Crippen LogP contribution < -0.4 is 0 Å². The summed E-state index contributed by atoms with van der Waals surface area (Å²) in [5, 5.41) is 14.3. The van der Waals surface area contributed by atoms with E-state index in [1.807, 2.05) is 24.3 Å². The van der Waals surface area contributed by atoms with Gasteiger partial charge in [0, 0.05) is 18.4 Å². The molecule has 1 aromatic carbocycles. The zero-order valence-electron chi connectivity index (χ0n) is 8.58. The molecule has 0 saturated carbocycles. The quantitative estimate of drug-likeness (QED) is 0.793. The number of fused-ring (bicyclic) bond motifs is 1. The molecule has 1 saturated heterocycles. The Morgan fingerprint density at radius 1 is 1.44 bits per heavy atom. The molecule has 1 N–H and O–H groups in total. The number of hydrogen-bond acceptors (Lipinski definition) is 2.